The van der Waals surface area contributed by atoms with Crippen molar-refractivity contribution >= 4 is 5.96 Å². The lowest BCUT2D eigenvalue weighted by Crippen LogP contribution is -2.46. The molecule has 1 saturated carbocycles. The molecule has 1 fully saturated rings. The van der Waals surface area contributed by atoms with Crippen LogP contribution in [0.25, 0.3) is 0 Å². The summed E-state index contributed by atoms with van der Waals surface area (Å²) in [5, 5.41) is 16.3. The van der Waals surface area contributed by atoms with Gasteiger partial charge in [0.1, 0.15) is 0 Å². The highest BCUT2D eigenvalue weighted by atomic mass is 16.3. The predicted molar refractivity (Wildman–Crippen MR) is 95.9 cm³/mol. The van der Waals surface area contributed by atoms with Crippen LogP contribution in [0, 0.1) is 0 Å². The first kappa shape index (κ1) is 17.8. The summed E-state index contributed by atoms with van der Waals surface area (Å²) in [5.41, 5.74) is 1.14. The molecule has 3 N–H and O–H groups in total. The first-order chi connectivity index (χ1) is 11.2. The number of aliphatic imine (C=N–C) groups is 1. The fourth-order valence-electron chi connectivity index (χ4n) is 2.68. The van der Waals surface area contributed by atoms with Crippen LogP contribution in [0.3, 0.4) is 0 Å². The van der Waals surface area contributed by atoms with Crippen molar-refractivity contribution in [1.29, 1.82) is 0 Å². The van der Waals surface area contributed by atoms with Crippen molar-refractivity contribution in [3.05, 3.63) is 35.9 Å². The zero-order valence-electron chi connectivity index (χ0n) is 14.5. The Balaban J connectivity index is 1.77. The SMILES string of the molecule is CN=C(NCC(CO)c1ccccc1)NCC(C)N(C)C1CC1. The third kappa shape index (κ3) is 5.52. The van der Waals surface area contributed by atoms with Crippen molar-refractivity contribution in [3.63, 3.8) is 0 Å². The Morgan fingerprint density at radius 2 is 1.91 bits per heavy atom. The van der Waals surface area contributed by atoms with Crippen LogP contribution in [0.2, 0.25) is 0 Å². The summed E-state index contributed by atoms with van der Waals surface area (Å²) >= 11 is 0. The third-order valence-corrected chi connectivity index (χ3v) is 4.61. The quantitative estimate of drug-likeness (QED) is 0.501. The lowest BCUT2D eigenvalue weighted by atomic mass is 10.0. The van der Waals surface area contributed by atoms with Crippen molar-refractivity contribution < 1.29 is 5.11 Å². The Morgan fingerprint density at radius 3 is 2.48 bits per heavy atom. The van der Waals surface area contributed by atoms with Gasteiger partial charge in [-0.15, -0.1) is 0 Å². The molecule has 23 heavy (non-hydrogen) atoms. The van der Waals surface area contributed by atoms with Gasteiger partial charge in [-0.25, -0.2) is 0 Å². The summed E-state index contributed by atoms with van der Waals surface area (Å²) in [7, 11) is 3.97. The zero-order chi connectivity index (χ0) is 16.7. The molecule has 0 bridgehead atoms. The van der Waals surface area contributed by atoms with E-state index in [2.05, 4.69) is 34.5 Å². The second-order valence-corrected chi connectivity index (χ2v) is 6.37. The number of benzene rings is 1. The Bertz CT molecular complexity index is 487. The molecule has 2 atom stereocenters. The highest BCUT2D eigenvalue weighted by Crippen LogP contribution is 2.26. The lowest BCUT2D eigenvalue weighted by Gasteiger charge is -2.26. The van der Waals surface area contributed by atoms with Crippen LogP contribution < -0.4 is 10.6 Å². The molecular formula is C18H30N4O. The van der Waals surface area contributed by atoms with Gasteiger partial charge < -0.3 is 15.7 Å². The van der Waals surface area contributed by atoms with E-state index in [1.807, 2.05) is 30.3 Å². The van der Waals surface area contributed by atoms with Crippen molar-refractivity contribution in [2.45, 2.75) is 37.8 Å². The molecule has 0 heterocycles. The zero-order valence-corrected chi connectivity index (χ0v) is 14.5. The molecule has 0 radical (unpaired) electrons. The number of rotatable bonds is 8. The Morgan fingerprint density at radius 1 is 1.26 bits per heavy atom. The molecule has 1 aromatic rings. The van der Waals surface area contributed by atoms with Gasteiger partial charge in [0.25, 0.3) is 0 Å². The van der Waals surface area contributed by atoms with E-state index in [0.717, 1.165) is 24.1 Å². The fraction of sp³-hybridized carbons (Fsp3) is 0.611. The molecule has 1 aliphatic rings. The minimum atomic E-state index is 0.0707. The molecule has 0 spiro atoms. The minimum absolute atomic E-state index is 0.0707. The van der Waals surface area contributed by atoms with Gasteiger partial charge in [0.2, 0.25) is 0 Å². The maximum absolute atomic E-state index is 9.62. The van der Waals surface area contributed by atoms with E-state index < -0.39 is 0 Å². The van der Waals surface area contributed by atoms with Gasteiger partial charge in [-0.3, -0.25) is 9.89 Å². The van der Waals surface area contributed by atoms with Gasteiger partial charge in [-0.2, -0.15) is 0 Å². The number of likely N-dealkylation sites (N-methyl/N-ethyl adjacent to an activating group) is 1. The molecule has 5 heteroatoms. The lowest BCUT2D eigenvalue weighted by molar-refractivity contribution is 0.247. The largest absolute Gasteiger partial charge is 0.396 e. The van der Waals surface area contributed by atoms with E-state index in [1.165, 1.54) is 12.8 Å². The number of nitrogens with one attached hydrogen (secondary N) is 2. The van der Waals surface area contributed by atoms with Gasteiger partial charge in [-0.1, -0.05) is 30.3 Å². The van der Waals surface area contributed by atoms with E-state index in [9.17, 15) is 5.11 Å². The van der Waals surface area contributed by atoms with Crippen LogP contribution in [-0.2, 0) is 0 Å². The van der Waals surface area contributed by atoms with Gasteiger partial charge >= 0.3 is 0 Å². The molecule has 1 aromatic carbocycles. The van der Waals surface area contributed by atoms with Crippen LogP contribution in [0.4, 0.5) is 0 Å². The van der Waals surface area contributed by atoms with Crippen molar-refractivity contribution in [2.24, 2.45) is 4.99 Å². The minimum Gasteiger partial charge on any atom is -0.396 e. The molecule has 128 valence electrons. The molecule has 2 rings (SSSR count). The highest BCUT2D eigenvalue weighted by Gasteiger charge is 2.28. The molecular weight excluding hydrogens is 288 g/mol. The maximum Gasteiger partial charge on any atom is 0.191 e. The number of hydrogen-bond acceptors (Lipinski definition) is 3. The Hall–Kier alpha value is -1.59. The van der Waals surface area contributed by atoms with Crippen LogP contribution in [0.1, 0.15) is 31.2 Å². The summed E-state index contributed by atoms with van der Waals surface area (Å²) in [6.07, 6.45) is 2.64. The van der Waals surface area contributed by atoms with Crippen LogP contribution in [0.5, 0.6) is 0 Å². The Labute approximate surface area is 139 Å². The van der Waals surface area contributed by atoms with Crippen molar-refractivity contribution in [1.82, 2.24) is 15.5 Å². The summed E-state index contributed by atoms with van der Waals surface area (Å²) in [6.45, 7) is 3.88. The fourth-order valence-corrected chi connectivity index (χ4v) is 2.68. The number of guanidine groups is 1. The highest BCUT2D eigenvalue weighted by molar-refractivity contribution is 5.79. The third-order valence-electron chi connectivity index (χ3n) is 4.61. The molecule has 1 aliphatic carbocycles. The number of aliphatic hydroxyl groups excluding tert-OH is 1. The monoisotopic (exact) mass is 318 g/mol. The topological polar surface area (TPSA) is 59.9 Å². The van der Waals surface area contributed by atoms with Crippen molar-refractivity contribution in [3.8, 4) is 0 Å². The second kappa shape index (κ2) is 8.89. The predicted octanol–water partition coefficient (Wildman–Crippen LogP) is 1.41. The van der Waals surface area contributed by atoms with Crippen LogP contribution in [-0.4, -0.2) is 61.8 Å². The normalized spacial score (nSPS) is 17.9. The molecule has 2 unspecified atom stereocenters. The van der Waals surface area contributed by atoms with E-state index in [1.54, 1.807) is 7.05 Å². The molecule has 0 aromatic heterocycles. The van der Waals surface area contributed by atoms with Gasteiger partial charge in [0.05, 0.1) is 6.61 Å². The molecule has 0 aliphatic heterocycles. The summed E-state index contributed by atoms with van der Waals surface area (Å²) < 4.78 is 0. The van der Waals surface area contributed by atoms with E-state index >= 15 is 0 Å². The standard InChI is InChI=1S/C18H30N4O/c1-14(22(3)17-9-10-17)11-20-18(19-2)21-12-16(13-23)15-7-5-4-6-8-15/h4-8,14,16-17,23H,9-13H2,1-3H3,(H2,19,20,21). The number of hydrogen-bond donors (Lipinski definition) is 3. The maximum atomic E-state index is 9.62. The van der Waals surface area contributed by atoms with Gasteiger partial charge in [0.15, 0.2) is 5.96 Å². The van der Waals surface area contributed by atoms with E-state index in [-0.39, 0.29) is 12.5 Å². The molecule has 5 nitrogen and oxygen atoms in total. The van der Waals surface area contributed by atoms with Crippen LogP contribution in [0.15, 0.2) is 35.3 Å². The first-order valence-electron chi connectivity index (χ1n) is 8.48. The molecule has 0 amide bonds. The smallest absolute Gasteiger partial charge is 0.191 e. The Kier molecular flexibility index (Phi) is 6.86. The van der Waals surface area contributed by atoms with Crippen LogP contribution >= 0.6 is 0 Å². The second-order valence-electron chi connectivity index (χ2n) is 6.37. The number of nitrogens with zero attached hydrogens (tertiary/aromatic N) is 2. The van der Waals surface area contributed by atoms with Crippen molar-refractivity contribution in [2.75, 3.05) is 33.8 Å². The summed E-state index contributed by atoms with van der Waals surface area (Å²) in [5.74, 6) is 0.858. The average Bonchev–Trinajstić information content (AvgIpc) is 3.43. The summed E-state index contributed by atoms with van der Waals surface area (Å²) in [6, 6.07) is 11.3. The summed E-state index contributed by atoms with van der Waals surface area (Å²) in [4.78, 5) is 6.71. The number of aliphatic hydroxyl groups is 1. The average molecular weight is 318 g/mol. The van der Waals surface area contributed by atoms with E-state index in [4.69, 9.17) is 0 Å². The van der Waals surface area contributed by atoms with Gasteiger partial charge in [0, 0.05) is 38.1 Å². The molecule has 0 saturated heterocycles. The first-order valence-corrected chi connectivity index (χ1v) is 8.48. The van der Waals surface area contributed by atoms with E-state index in [0.29, 0.717) is 12.6 Å². The van der Waals surface area contributed by atoms with Gasteiger partial charge in [-0.05, 0) is 32.4 Å².